The van der Waals surface area contributed by atoms with Crippen LogP contribution < -0.4 is 10.6 Å². The molecule has 120 valence electrons. The summed E-state index contributed by atoms with van der Waals surface area (Å²) in [6.07, 6.45) is 3.66. The summed E-state index contributed by atoms with van der Waals surface area (Å²) >= 11 is 0. The summed E-state index contributed by atoms with van der Waals surface area (Å²) in [5.41, 5.74) is 3.14. The zero-order valence-corrected chi connectivity index (χ0v) is 13.3. The summed E-state index contributed by atoms with van der Waals surface area (Å²) < 4.78 is 0. The molecule has 1 amide bonds. The number of pyridine rings is 1. The molecule has 0 unspecified atom stereocenters. The number of nitrogens with zero attached hydrogens (tertiary/aromatic N) is 2. The van der Waals surface area contributed by atoms with Crippen molar-refractivity contribution >= 4 is 5.91 Å². The Morgan fingerprint density at radius 1 is 1.35 bits per heavy atom. The molecule has 1 aromatic heterocycles. The van der Waals surface area contributed by atoms with Crippen molar-refractivity contribution in [3.05, 3.63) is 65.5 Å². The minimum absolute atomic E-state index is 0.0451. The maximum atomic E-state index is 11.9. The third-order valence-electron chi connectivity index (χ3n) is 4.25. The lowest BCUT2D eigenvalue weighted by atomic mass is 10.00. The van der Waals surface area contributed by atoms with Gasteiger partial charge in [-0.05, 0) is 35.4 Å². The van der Waals surface area contributed by atoms with Gasteiger partial charge in [0.25, 0.3) is 5.91 Å². The highest BCUT2D eigenvalue weighted by Gasteiger charge is 2.24. The molecule has 3 rings (SSSR count). The lowest BCUT2D eigenvalue weighted by molar-refractivity contribution is 0.0962. The van der Waals surface area contributed by atoms with E-state index in [-0.39, 0.29) is 11.9 Å². The first kappa shape index (κ1) is 15.6. The van der Waals surface area contributed by atoms with E-state index < -0.39 is 0 Å². The second kappa shape index (κ2) is 7.35. The highest BCUT2D eigenvalue weighted by atomic mass is 16.1. The molecule has 1 aliphatic rings. The lowest BCUT2D eigenvalue weighted by Gasteiger charge is -2.36. The van der Waals surface area contributed by atoms with E-state index in [1.807, 2.05) is 30.6 Å². The minimum atomic E-state index is -0.0451. The van der Waals surface area contributed by atoms with Gasteiger partial charge in [0.2, 0.25) is 0 Å². The summed E-state index contributed by atoms with van der Waals surface area (Å²) in [6, 6.07) is 12.3. The Balaban J connectivity index is 1.82. The topological polar surface area (TPSA) is 57.3 Å². The summed E-state index contributed by atoms with van der Waals surface area (Å²) in [7, 11) is 1.66. The maximum Gasteiger partial charge on any atom is 0.251 e. The predicted molar refractivity (Wildman–Crippen MR) is 90.1 cm³/mol. The van der Waals surface area contributed by atoms with E-state index in [2.05, 4.69) is 38.7 Å². The molecule has 1 fully saturated rings. The van der Waals surface area contributed by atoms with Crippen LogP contribution >= 0.6 is 0 Å². The van der Waals surface area contributed by atoms with E-state index in [0.29, 0.717) is 5.56 Å². The van der Waals surface area contributed by atoms with Gasteiger partial charge in [-0.1, -0.05) is 12.1 Å². The van der Waals surface area contributed by atoms with E-state index in [9.17, 15) is 4.79 Å². The van der Waals surface area contributed by atoms with E-state index in [0.717, 1.165) is 26.2 Å². The fourth-order valence-electron chi connectivity index (χ4n) is 3.02. The van der Waals surface area contributed by atoms with Gasteiger partial charge >= 0.3 is 0 Å². The Morgan fingerprint density at radius 2 is 2.17 bits per heavy atom. The van der Waals surface area contributed by atoms with Gasteiger partial charge in [0.05, 0.1) is 0 Å². The third kappa shape index (κ3) is 3.75. The van der Waals surface area contributed by atoms with Crippen LogP contribution in [0.5, 0.6) is 0 Å². The number of nitrogens with one attached hydrogen (secondary N) is 2. The molecule has 5 nitrogen and oxygen atoms in total. The van der Waals surface area contributed by atoms with E-state index in [1.54, 1.807) is 7.05 Å². The zero-order valence-electron chi connectivity index (χ0n) is 13.3. The van der Waals surface area contributed by atoms with Gasteiger partial charge in [0.15, 0.2) is 0 Å². The fraction of sp³-hybridized carbons (Fsp3) is 0.333. The molecule has 2 N–H and O–H groups in total. The standard InChI is InChI=1S/C18H22N4O/c1-19-18(23)16-4-2-3-15(11-16)17-12-21-9-10-22(17)13-14-5-7-20-8-6-14/h2-8,11,17,21H,9-10,12-13H2,1H3,(H,19,23)/t17-/m0/s1. The average Bonchev–Trinajstić information content (AvgIpc) is 2.62. The molecule has 0 bridgehead atoms. The average molecular weight is 310 g/mol. The van der Waals surface area contributed by atoms with Crippen molar-refractivity contribution in [2.75, 3.05) is 26.7 Å². The minimum Gasteiger partial charge on any atom is -0.355 e. The van der Waals surface area contributed by atoms with Crippen LogP contribution in [0, 0.1) is 0 Å². The molecule has 1 aromatic carbocycles. The summed E-state index contributed by atoms with van der Waals surface area (Å²) in [5.74, 6) is -0.0451. The summed E-state index contributed by atoms with van der Waals surface area (Å²) in [6.45, 7) is 3.75. The van der Waals surface area contributed by atoms with Crippen LogP contribution in [0.15, 0.2) is 48.8 Å². The molecule has 1 saturated heterocycles. The number of carbonyl (C=O) groups excluding carboxylic acids is 1. The molecule has 23 heavy (non-hydrogen) atoms. The van der Waals surface area contributed by atoms with E-state index in [4.69, 9.17) is 0 Å². The van der Waals surface area contributed by atoms with Crippen LogP contribution in [-0.4, -0.2) is 42.5 Å². The second-order valence-electron chi connectivity index (χ2n) is 5.75. The Morgan fingerprint density at radius 3 is 2.96 bits per heavy atom. The number of piperazine rings is 1. The summed E-state index contributed by atoms with van der Waals surface area (Å²) in [4.78, 5) is 18.4. The molecule has 0 spiro atoms. The largest absolute Gasteiger partial charge is 0.355 e. The molecule has 0 radical (unpaired) electrons. The first-order chi connectivity index (χ1) is 11.3. The van der Waals surface area contributed by atoms with Crippen molar-refractivity contribution in [3.8, 4) is 0 Å². The monoisotopic (exact) mass is 310 g/mol. The smallest absolute Gasteiger partial charge is 0.251 e. The normalized spacial score (nSPS) is 18.6. The molecule has 5 heteroatoms. The zero-order chi connectivity index (χ0) is 16.1. The first-order valence-electron chi connectivity index (χ1n) is 7.93. The van der Waals surface area contributed by atoms with Crippen molar-refractivity contribution in [1.82, 2.24) is 20.5 Å². The number of aromatic nitrogens is 1. The van der Waals surface area contributed by atoms with Crippen LogP contribution in [0.25, 0.3) is 0 Å². The van der Waals surface area contributed by atoms with Gasteiger partial charge < -0.3 is 10.6 Å². The molecule has 1 atom stereocenters. The van der Waals surface area contributed by atoms with Crippen LogP contribution in [0.2, 0.25) is 0 Å². The highest BCUT2D eigenvalue weighted by Crippen LogP contribution is 2.24. The van der Waals surface area contributed by atoms with Crippen LogP contribution in [-0.2, 0) is 6.54 Å². The van der Waals surface area contributed by atoms with Crippen molar-refractivity contribution < 1.29 is 4.79 Å². The molecular formula is C18H22N4O. The molecule has 2 heterocycles. The molecule has 1 aliphatic heterocycles. The second-order valence-corrected chi connectivity index (χ2v) is 5.75. The highest BCUT2D eigenvalue weighted by molar-refractivity contribution is 5.94. The Kier molecular flexibility index (Phi) is 5.00. The van der Waals surface area contributed by atoms with Gasteiger partial charge in [0.1, 0.15) is 0 Å². The number of hydrogen-bond acceptors (Lipinski definition) is 4. The van der Waals surface area contributed by atoms with Crippen LogP contribution in [0.3, 0.4) is 0 Å². The van der Waals surface area contributed by atoms with Crippen molar-refractivity contribution in [1.29, 1.82) is 0 Å². The molecule has 0 saturated carbocycles. The van der Waals surface area contributed by atoms with Crippen LogP contribution in [0.1, 0.15) is 27.5 Å². The number of carbonyl (C=O) groups is 1. The van der Waals surface area contributed by atoms with Gasteiger partial charge in [-0.15, -0.1) is 0 Å². The maximum absolute atomic E-state index is 11.9. The number of rotatable bonds is 4. The number of benzene rings is 1. The molecule has 2 aromatic rings. The van der Waals surface area contributed by atoms with Gasteiger partial charge in [-0.2, -0.15) is 0 Å². The molecular weight excluding hydrogens is 288 g/mol. The van der Waals surface area contributed by atoms with Gasteiger partial charge in [-0.3, -0.25) is 14.7 Å². The quantitative estimate of drug-likeness (QED) is 0.900. The predicted octanol–water partition coefficient (Wildman–Crippen LogP) is 1.59. The number of amides is 1. The van der Waals surface area contributed by atoms with Gasteiger partial charge in [0, 0.05) is 57.2 Å². The fourth-order valence-corrected chi connectivity index (χ4v) is 3.02. The Hall–Kier alpha value is -2.24. The Labute approximate surface area is 136 Å². The molecule has 0 aliphatic carbocycles. The first-order valence-corrected chi connectivity index (χ1v) is 7.93. The van der Waals surface area contributed by atoms with Crippen LogP contribution in [0.4, 0.5) is 0 Å². The van der Waals surface area contributed by atoms with E-state index in [1.165, 1.54) is 11.1 Å². The third-order valence-corrected chi connectivity index (χ3v) is 4.25. The van der Waals surface area contributed by atoms with Crippen molar-refractivity contribution in [2.45, 2.75) is 12.6 Å². The van der Waals surface area contributed by atoms with Crippen molar-refractivity contribution in [3.63, 3.8) is 0 Å². The number of hydrogen-bond donors (Lipinski definition) is 2. The lowest BCUT2D eigenvalue weighted by Crippen LogP contribution is -2.45. The summed E-state index contributed by atoms with van der Waals surface area (Å²) in [5, 5.41) is 6.14. The van der Waals surface area contributed by atoms with Gasteiger partial charge in [-0.25, -0.2) is 0 Å². The Bertz CT molecular complexity index is 659. The van der Waals surface area contributed by atoms with Crippen molar-refractivity contribution in [2.24, 2.45) is 0 Å². The van der Waals surface area contributed by atoms with E-state index >= 15 is 0 Å². The SMILES string of the molecule is CNC(=O)c1cccc([C@@H]2CNCCN2Cc2ccncc2)c1.